The molecule has 158 valence electrons. The summed E-state index contributed by atoms with van der Waals surface area (Å²) in [6.07, 6.45) is -0.165. The maximum absolute atomic E-state index is 12.4. The Morgan fingerprint density at radius 1 is 0.806 bits per heavy atom. The van der Waals surface area contributed by atoms with E-state index in [1.165, 1.54) is 0 Å². The summed E-state index contributed by atoms with van der Waals surface area (Å²) >= 11 is 1.77. The third-order valence-corrected chi connectivity index (χ3v) is 8.25. The van der Waals surface area contributed by atoms with Gasteiger partial charge in [-0.25, -0.2) is 0 Å². The standard InChI is InChI=1S/C24H20O5S2/c25-31-10-9-26-19-7-5-16(12-24(19)31)23-14-28-20-11-15(6-8-22(20)30-23)21-13-27-17-3-1-2-4-18(17)29-21/h1-8,11-12,21,23H,9-10,13-14H2. The molecule has 0 saturated heterocycles. The van der Waals surface area contributed by atoms with Crippen LogP contribution in [0.3, 0.4) is 0 Å². The summed E-state index contributed by atoms with van der Waals surface area (Å²) in [5, 5.41) is 0.142. The minimum atomic E-state index is -0.998. The summed E-state index contributed by atoms with van der Waals surface area (Å²) < 4.78 is 36.1. The van der Waals surface area contributed by atoms with Crippen LogP contribution in [0.4, 0.5) is 0 Å². The summed E-state index contributed by atoms with van der Waals surface area (Å²) in [5.74, 6) is 3.69. The van der Waals surface area contributed by atoms with Gasteiger partial charge in [-0.15, -0.1) is 11.8 Å². The predicted molar refractivity (Wildman–Crippen MR) is 119 cm³/mol. The van der Waals surface area contributed by atoms with Gasteiger partial charge in [-0.05, 0) is 47.5 Å². The molecule has 0 aromatic heterocycles. The maximum Gasteiger partial charge on any atom is 0.162 e. The van der Waals surface area contributed by atoms with Crippen molar-refractivity contribution in [3.63, 3.8) is 0 Å². The highest BCUT2D eigenvalue weighted by molar-refractivity contribution is 7.99. The molecule has 0 aliphatic carbocycles. The van der Waals surface area contributed by atoms with Gasteiger partial charge in [0.2, 0.25) is 0 Å². The van der Waals surface area contributed by atoms with Gasteiger partial charge >= 0.3 is 0 Å². The third-order valence-electron chi connectivity index (χ3n) is 5.62. The van der Waals surface area contributed by atoms with Crippen LogP contribution < -0.4 is 18.9 Å². The summed E-state index contributed by atoms with van der Waals surface area (Å²) in [6.45, 7) is 1.54. The first kappa shape index (κ1) is 19.1. The number of benzene rings is 3. The number of para-hydroxylation sites is 2. The van der Waals surface area contributed by atoms with Crippen LogP contribution in [0.1, 0.15) is 22.5 Å². The van der Waals surface area contributed by atoms with Gasteiger partial charge in [0.05, 0.1) is 31.6 Å². The Bertz CT molecular complexity index is 1180. The molecule has 5 nitrogen and oxygen atoms in total. The molecule has 3 aromatic carbocycles. The Labute approximate surface area is 187 Å². The molecule has 7 heteroatoms. The van der Waals surface area contributed by atoms with Crippen LogP contribution in [0.5, 0.6) is 23.0 Å². The van der Waals surface area contributed by atoms with E-state index >= 15 is 0 Å². The lowest BCUT2D eigenvalue weighted by Gasteiger charge is -2.29. The number of ether oxygens (including phenoxy) is 4. The quantitative estimate of drug-likeness (QED) is 0.550. The van der Waals surface area contributed by atoms with Gasteiger partial charge in [0, 0.05) is 0 Å². The Morgan fingerprint density at radius 3 is 2.58 bits per heavy atom. The van der Waals surface area contributed by atoms with Crippen LogP contribution in [0.25, 0.3) is 0 Å². The van der Waals surface area contributed by atoms with Gasteiger partial charge in [0.15, 0.2) is 17.6 Å². The van der Waals surface area contributed by atoms with Crippen molar-refractivity contribution in [2.75, 3.05) is 25.6 Å². The van der Waals surface area contributed by atoms with Gasteiger partial charge in [-0.2, -0.15) is 0 Å². The highest BCUT2D eigenvalue weighted by Crippen LogP contribution is 2.47. The molecule has 0 amide bonds. The smallest absolute Gasteiger partial charge is 0.162 e. The van der Waals surface area contributed by atoms with Gasteiger partial charge in [-0.1, -0.05) is 24.3 Å². The minimum absolute atomic E-state index is 0.142. The molecule has 3 atom stereocenters. The van der Waals surface area contributed by atoms with Crippen molar-refractivity contribution in [2.45, 2.75) is 21.1 Å². The zero-order valence-electron chi connectivity index (χ0n) is 16.6. The summed E-state index contributed by atoms with van der Waals surface area (Å²) in [7, 11) is -0.998. The Hall–Kier alpha value is -2.64. The van der Waals surface area contributed by atoms with Crippen LogP contribution in [0.2, 0.25) is 0 Å². The largest absolute Gasteiger partial charge is 0.491 e. The first-order chi connectivity index (χ1) is 15.2. The van der Waals surface area contributed by atoms with E-state index in [1.54, 1.807) is 11.8 Å². The first-order valence-electron chi connectivity index (χ1n) is 10.2. The second-order valence-electron chi connectivity index (χ2n) is 7.59. The summed E-state index contributed by atoms with van der Waals surface area (Å²) in [6, 6.07) is 19.9. The van der Waals surface area contributed by atoms with E-state index in [0.717, 1.165) is 43.9 Å². The molecule has 3 heterocycles. The second-order valence-corrected chi connectivity index (χ2v) is 10.4. The van der Waals surface area contributed by atoms with Crippen molar-refractivity contribution < 1.29 is 23.2 Å². The summed E-state index contributed by atoms with van der Waals surface area (Å²) in [4.78, 5) is 1.88. The lowest BCUT2D eigenvalue weighted by Crippen LogP contribution is -2.22. The van der Waals surface area contributed by atoms with E-state index in [2.05, 4.69) is 18.2 Å². The van der Waals surface area contributed by atoms with Crippen molar-refractivity contribution >= 4 is 22.6 Å². The van der Waals surface area contributed by atoms with E-state index in [9.17, 15) is 4.21 Å². The molecule has 0 N–H and O–H groups in total. The molecule has 0 fully saturated rings. The molecule has 31 heavy (non-hydrogen) atoms. The van der Waals surface area contributed by atoms with Gasteiger partial charge in [-0.3, -0.25) is 4.21 Å². The van der Waals surface area contributed by atoms with Crippen molar-refractivity contribution in [2.24, 2.45) is 0 Å². The van der Waals surface area contributed by atoms with Crippen LogP contribution in [0.15, 0.2) is 70.5 Å². The van der Waals surface area contributed by atoms with Crippen molar-refractivity contribution in [3.8, 4) is 23.0 Å². The van der Waals surface area contributed by atoms with Crippen molar-refractivity contribution in [1.82, 2.24) is 0 Å². The van der Waals surface area contributed by atoms with Crippen LogP contribution in [-0.2, 0) is 10.8 Å². The van der Waals surface area contributed by atoms with Crippen LogP contribution in [-0.4, -0.2) is 29.8 Å². The second kappa shape index (κ2) is 7.80. The van der Waals surface area contributed by atoms with E-state index in [1.807, 2.05) is 42.5 Å². The first-order valence-corrected chi connectivity index (χ1v) is 12.4. The highest BCUT2D eigenvalue weighted by Gasteiger charge is 2.28. The molecule has 3 unspecified atom stereocenters. The molecule has 0 saturated carbocycles. The normalized spacial score (nSPS) is 23.7. The van der Waals surface area contributed by atoms with Gasteiger partial charge < -0.3 is 18.9 Å². The number of hydrogen-bond acceptors (Lipinski definition) is 6. The average Bonchev–Trinajstić information content (AvgIpc) is 2.83. The molecule has 3 aliphatic heterocycles. The van der Waals surface area contributed by atoms with E-state index in [0.29, 0.717) is 25.6 Å². The molecule has 0 bridgehead atoms. The molecule has 3 aromatic rings. The Balaban J connectivity index is 1.22. The van der Waals surface area contributed by atoms with E-state index < -0.39 is 10.8 Å². The monoisotopic (exact) mass is 452 g/mol. The SMILES string of the molecule is O=S1CCOc2ccc(C3COc4cc(C5COc6ccccc6O5)ccc4S3)cc21. The van der Waals surface area contributed by atoms with E-state index in [4.69, 9.17) is 18.9 Å². The predicted octanol–water partition coefficient (Wildman–Crippen LogP) is 4.92. The Morgan fingerprint density at radius 2 is 1.65 bits per heavy atom. The van der Waals surface area contributed by atoms with Gasteiger partial charge in [0.25, 0.3) is 0 Å². The average molecular weight is 453 g/mol. The topological polar surface area (TPSA) is 54.0 Å². The summed E-state index contributed by atoms with van der Waals surface area (Å²) in [5.41, 5.74) is 2.14. The zero-order chi connectivity index (χ0) is 20.8. The Kier molecular flexibility index (Phi) is 4.80. The van der Waals surface area contributed by atoms with E-state index in [-0.39, 0.29) is 11.4 Å². The molecule has 0 radical (unpaired) electrons. The molecule has 6 rings (SSSR count). The molecule has 3 aliphatic rings. The lowest BCUT2D eigenvalue weighted by molar-refractivity contribution is 0.0910. The van der Waals surface area contributed by atoms with Crippen molar-refractivity contribution in [3.05, 3.63) is 71.8 Å². The van der Waals surface area contributed by atoms with Gasteiger partial charge in [0.1, 0.15) is 31.3 Å². The van der Waals surface area contributed by atoms with Crippen LogP contribution in [0, 0.1) is 0 Å². The zero-order valence-corrected chi connectivity index (χ0v) is 18.2. The highest BCUT2D eigenvalue weighted by atomic mass is 32.2. The number of thioether (sulfide) groups is 1. The fourth-order valence-corrected chi connectivity index (χ4v) is 6.17. The molecular formula is C24H20O5S2. The maximum atomic E-state index is 12.4. The fourth-order valence-electron chi connectivity index (χ4n) is 4.00. The molecular weight excluding hydrogens is 432 g/mol. The fraction of sp³-hybridized carbons (Fsp3) is 0.250. The number of fused-ring (bicyclic) bond motifs is 3. The lowest BCUT2D eigenvalue weighted by atomic mass is 10.1. The minimum Gasteiger partial charge on any atom is -0.491 e. The van der Waals surface area contributed by atoms with Crippen LogP contribution >= 0.6 is 11.8 Å². The third kappa shape index (κ3) is 3.55. The number of rotatable bonds is 2. The number of hydrogen-bond donors (Lipinski definition) is 0. The molecule has 0 spiro atoms. The van der Waals surface area contributed by atoms with Crippen molar-refractivity contribution in [1.29, 1.82) is 0 Å².